The summed E-state index contributed by atoms with van der Waals surface area (Å²) >= 11 is 0. The number of hydrogen-bond acceptors (Lipinski definition) is 1. The van der Waals surface area contributed by atoms with Crippen LogP contribution >= 0.6 is 0 Å². The summed E-state index contributed by atoms with van der Waals surface area (Å²) in [6.45, 7) is 4.51. The molecule has 0 aliphatic rings. The van der Waals surface area contributed by atoms with Crippen LogP contribution in [-0.2, 0) is 12.8 Å². The molecule has 1 heteroatoms. The Kier molecular flexibility index (Phi) is 9.18. The van der Waals surface area contributed by atoms with Crippen molar-refractivity contribution in [2.75, 3.05) is 0 Å². The van der Waals surface area contributed by atoms with Crippen molar-refractivity contribution in [2.24, 2.45) is 0 Å². The number of ether oxygens (including phenoxy) is 1. The first-order valence-electron chi connectivity index (χ1n) is 10.2. The summed E-state index contributed by atoms with van der Waals surface area (Å²) in [4.78, 5) is 0. The van der Waals surface area contributed by atoms with E-state index in [1.54, 1.807) is 0 Å². The molecule has 0 aliphatic carbocycles. The van der Waals surface area contributed by atoms with Gasteiger partial charge in [0.05, 0.1) is 0 Å². The molecule has 0 saturated carbocycles. The molecule has 0 N–H and O–H groups in total. The van der Waals surface area contributed by atoms with Gasteiger partial charge in [-0.3, -0.25) is 0 Å². The van der Waals surface area contributed by atoms with Crippen LogP contribution in [0.15, 0.2) is 48.5 Å². The predicted molar refractivity (Wildman–Crippen MR) is 109 cm³/mol. The second kappa shape index (κ2) is 11.7. The fraction of sp³-hybridized carbons (Fsp3) is 0.500. The predicted octanol–water partition coefficient (Wildman–Crippen LogP) is 7.72. The fourth-order valence-corrected chi connectivity index (χ4v) is 3.10. The van der Waals surface area contributed by atoms with E-state index in [-0.39, 0.29) is 0 Å². The zero-order valence-corrected chi connectivity index (χ0v) is 16.1. The van der Waals surface area contributed by atoms with Crippen LogP contribution < -0.4 is 4.74 Å². The van der Waals surface area contributed by atoms with Crippen LogP contribution in [-0.4, -0.2) is 0 Å². The van der Waals surface area contributed by atoms with Gasteiger partial charge in [0.15, 0.2) is 0 Å². The summed E-state index contributed by atoms with van der Waals surface area (Å²) in [7, 11) is 0. The van der Waals surface area contributed by atoms with Crippen molar-refractivity contribution in [3.05, 3.63) is 59.7 Å². The zero-order valence-electron chi connectivity index (χ0n) is 16.1. The third-order valence-electron chi connectivity index (χ3n) is 4.72. The summed E-state index contributed by atoms with van der Waals surface area (Å²) in [6.07, 6.45) is 12.9. The molecule has 2 aromatic rings. The van der Waals surface area contributed by atoms with Crippen molar-refractivity contribution in [1.82, 2.24) is 0 Å². The first kappa shape index (κ1) is 19.6. The van der Waals surface area contributed by atoms with Crippen LogP contribution in [0.3, 0.4) is 0 Å². The SMILES string of the molecule is CCCCCCc1ccc(Oc2ccc(CCCCCC)cc2)cc1. The molecular weight excluding hydrogens is 304 g/mol. The molecule has 25 heavy (non-hydrogen) atoms. The maximum atomic E-state index is 5.97. The normalized spacial score (nSPS) is 10.8. The van der Waals surface area contributed by atoms with Crippen LogP contribution in [0.2, 0.25) is 0 Å². The van der Waals surface area contributed by atoms with E-state index in [2.05, 4.69) is 62.4 Å². The van der Waals surface area contributed by atoms with Crippen molar-refractivity contribution in [3.63, 3.8) is 0 Å². The van der Waals surface area contributed by atoms with E-state index in [9.17, 15) is 0 Å². The smallest absolute Gasteiger partial charge is 0.127 e. The van der Waals surface area contributed by atoms with Gasteiger partial charge in [0.1, 0.15) is 11.5 Å². The van der Waals surface area contributed by atoms with Gasteiger partial charge < -0.3 is 4.74 Å². The van der Waals surface area contributed by atoms with Gasteiger partial charge in [-0.1, -0.05) is 76.6 Å². The van der Waals surface area contributed by atoms with Gasteiger partial charge in [-0.2, -0.15) is 0 Å². The number of hydrogen-bond donors (Lipinski definition) is 0. The van der Waals surface area contributed by atoms with Gasteiger partial charge in [-0.25, -0.2) is 0 Å². The summed E-state index contributed by atoms with van der Waals surface area (Å²) < 4.78 is 5.97. The topological polar surface area (TPSA) is 9.23 Å². The Bertz CT molecular complexity index is 515. The second-order valence-corrected chi connectivity index (χ2v) is 7.01. The highest BCUT2D eigenvalue weighted by Crippen LogP contribution is 2.23. The van der Waals surface area contributed by atoms with Crippen LogP contribution in [0.1, 0.15) is 76.3 Å². The van der Waals surface area contributed by atoms with E-state index in [1.807, 2.05) is 0 Å². The summed E-state index contributed by atoms with van der Waals surface area (Å²) in [5.74, 6) is 1.85. The Morgan fingerprint density at radius 3 is 1.28 bits per heavy atom. The maximum absolute atomic E-state index is 5.97. The van der Waals surface area contributed by atoms with Gasteiger partial charge in [-0.05, 0) is 61.1 Å². The van der Waals surface area contributed by atoms with Crippen molar-refractivity contribution in [2.45, 2.75) is 78.1 Å². The van der Waals surface area contributed by atoms with Crippen molar-refractivity contribution in [3.8, 4) is 11.5 Å². The van der Waals surface area contributed by atoms with Crippen LogP contribution in [0.25, 0.3) is 0 Å². The average molecular weight is 339 g/mol. The molecule has 0 atom stereocenters. The van der Waals surface area contributed by atoms with Crippen molar-refractivity contribution >= 4 is 0 Å². The molecule has 2 aromatic carbocycles. The minimum Gasteiger partial charge on any atom is -0.457 e. The lowest BCUT2D eigenvalue weighted by Gasteiger charge is -2.08. The molecule has 1 nitrogen and oxygen atoms in total. The van der Waals surface area contributed by atoms with Gasteiger partial charge in [0.2, 0.25) is 0 Å². The molecule has 0 saturated heterocycles. The second-order valence-electron chi connectivity index (χ2n) is 7.01. The van der Waals surface area contributed by atoms with Crippen LogP contribution in [0.5, 0.6) is 11.5 Å². The largest absolute Gasteiger partial charge is 0.457 e. The van der Waals surface area contributed by atoms with Crippen LogP contribution in [0.4, 0.5) is 0 Å². The molecule has 0 radical (unpaired) electrons. The van der Waals surface area contributed by atoms with Crippen LogP contribution in [0, 0.1) is 0 Å². The van der Waals surface area contributed by atoms with Gasteiger partial charge in [-0.15, -0.1) is 0 Å². The molecule has 0 aromatic heterocycles. The van der Waals surface area contributed by atoms with E-state index >= 15 is 0 Å². The third kappa shape index (κ3) is 7.77. The Hall–Kier alpha value is -1.76. The minimum atomic E-state index is 0.924. The third-order valence-corrected chi connectivity index (χ3v) is 4.72. The molecule has 0 heterocycles. The first-order valence-corrected chi connectivity index (χ1v) is 10.2. The molecule has 0 fully saturated rings. The Morgan fingerprint density at radius 2 is 0.920 bits per heavy atom. The number of rotatable bonds is 12. The fourth-order valence-electron chi connectivity index (χ4n) is 3.10. The average Bonchev–Trinajstić information content (AvgIpc) is 2.65. The number of aryl methyl sites for hydroxylation is 2. The number of benzene rings is 2. The Balaban J connectivity index is 1.77. The Morgan fingerprint density at radius 1 is 0.520 bits per heavy atom. The van der Waals surface area contributed by atoms with Gasteiger partial charge in [0, 0.05) is 0 Å². The highest BCUT2D eigenvalue weighted by Gasteiger charge is 2.00. The maximum Gasteiger partial charge on any atom is 0.127 e. The zero-order chi connectivity index (χ0) is 17.7. The van der Waals surface area contributed by atoms with E-state index in [0.717, 1.165) is 11.5 Å². The Labute approximate surface area is 154 Å². The highest BCUT2D eigenvalue weighted by atomic mass is 16.5. The summed E-state index contributed by atoms with van der Waals surface area (Å²) in [6, 6.07) is 17.2. The molecule has 0 amide bonds. The molecule has 136 valence electrons. The highest BCUT2D eigenvalue weighted by molar-refractivity contribution is 5.34. The molecule has 0 unspecified atom stereocenters. The lowest BCUT2D eigenvalue weighted by atomic mass is 10.1. The molecular formula is C24H34O. The van der Waals surface area contributed by atoms with Gasteiger partial charge >= 0.3 is 0 Å². The van der Waals surface area contributed by atoms with Crippen molar-refractivity contribution in [1.29, 1.82) is 0 Å². The van der Waals surface area contributed by atoms with E-state index < -0.39 is 0 Å². The monoisotopic (exact) mass is 338 g/mol. The summed E-state index contributed by atoms with van der Waals surface area (Å²) in [5.41, 5.74) is 2.82. The number of unbranched alkanes of at least 4 members (excludes halogenated alkanes) is 6. The molecule has 0 bridgehead atoms. The van der Waals surface area contributed by atoms with Gasteiger partial charge in [0.25, 0.3) is 0 Å². The first-order chi connectivity index (χ1) is 12.3. The van der Waals surface area contributed by atoms with E-state index in [1.165, 1.54) is 75.3 Å². The quantitative estimate of drug-likeness (QED) is 0.360. The van der Waals surface area contributed by atoms with E-state index in [0.29, 0.717) is 0 Å². The van der Waals surface area contributed by atoms with E-state index in [4.69, 9.17) is 4.74 Å². The molecule has 2 rings (SSSR count). The standard InChI is InChI=1S/C24H34O/c1-3-5-7-9-11-21-13-17-23(18-14-21)25-24-19-15-22(16-20-24)12-10-8-6-4-2/h13-20H,3-12H2,1-2H3. The lowest BCUT2D eigenvalue weighted by molar-refractivity contribution is 0.482. The lowest BCUT2D eigenvalue weighted by Crippen LogP contribution is -1.89. The minimum absolute atomic E-state index is 0.924. The molecule has 0 aliphatic heterocycles. The van der Waals surface area contributed by atoms with Crippen molar-refractivity contribution < 1.29 is 4.74 Å². The molecule has 0 spiro atoms. The summed E-state index contributed by atoms with van der Waals surface area (Å²) in [5, 5.41) is 0.